The van der Waals surface area contributed by atoms with Gasteiger partial charge < -0.3 is 10.5 Å². The Kier molecular flexibility index (Phi) is 4.14. The number of hydrogen-bond acceptors (Lipinski definition) is 5. The van der Waals surface area contributed by atoms with Crippen LogP contribution in [0.25, 0.3) is 0 Å². The Labute approximate surface area is 107 Å². The van der Waals surface area contributed by atoms with Crippen molar-refractivity contribution in [2.45, 2.75) is 25.8 Å². The van der Waals surface area contributed by atoms with E-state index in [0.717, 1.165) is 45.0 Å². The maximum Gasteiger partial charge on any atom is 0.0941 e. The molecule has 17 heavy (non-hydrogen) atoms. The minimum absolute atomic E-state index is 0.326. The van der Waals surface area contributed by atoms with E-state index in [-0.39, 0.29) is 5.54 Å². The molecule has 0 radical (unpaired) electrons. The molecule has 5 heteroatoms. The second kappa shape index (κ2) is 5.44. The van der Waals surface area contributed by atoms with E-state index in [0.29, 0.717) is 0 Å². The van der Waals surface area contributed by atoms with Gasteiger partial charge in [0.25, 0.3) is 0 Å². The highest BCUT2D eigenvalue weighted by Crippen LogP contribution is 2.20. The quantitative estimate of drug-likeness (QED) is 0.878. The summed E-state index contributed by atoms with van der Waals surface area (Å²) in [6, 6.07) is 0. The Morgan fingerprint density at radius 1 is 1.47 bits per heavy atom. The summed E-state index contributed by atoms with van der Waals surface area (Å²) in [5.41, 5.74) is 6.70. The zero-order valence-corrected chi connectivity index (χ0v) is 11.4. The highest BCUT2D eigenvalue weighted by atomic mass is 32.1. The Morgan fingerprint density at radius 3 is 2.76 bits per heavy atom. The smallest absolute Gasteiger partial charge is 0.0941 e. The fraction of sp³-hybridized carbons (Fsp3) is 0.750. The number of aromatic nitrogens is 1. The van der Waals surface area contributed by atoms with Crippen molar-refractivity contribution in [1.82, 2.24) is 9.88 Å². The first-order chi connectivity index (χ1) is 8.05. The van der Waals surface area contributed by atoms with Crippen LogP contribution in [0, 0.1) is 0 Å². The molecule has 2 N–H and O–H groups in total. The molecule has 1 aromatic rings. The molecule has 0 spiro atoms. The van der Waals surface area contributed by atoms with E-state index in [1.807, 2.05) is 13.8 Å². The summed E-state index contributed by atoms with van der Waals surface area (Å²) in [7, 11) is 0. The van der Waals surface area contributed by atoms with Crippen LogP contribution in [0.1, 0.15) is 24.5 Å². The molecular weight excluding hydrogens is 234 g/mol. The second-order valence-electron chi connectivity index (χ2n) is 5.05. The minimum atomic E-state index is -0.326. The van der Waals surface area contributed by atoms with Gasteiger partial charge in [-0.25, -0.2) is 4.98 Å². The van der Waals surface area contributed by atoms with Gasteiger partial charge in [0.05, 0.1) is 29.5 Å². The van der Waals surface area contributed by atoms with E-state index in [1.165, 1.54) is 5.01 Å². The third-order valence-corrected chi connectivity index (χ3v) is 3.87. The van der Waals surface area contributed by atoms with Gasteiger partial charge in [-0.3, -0.25) is 4.90 Å². The number of thiazole rings is 1. The molecule has 1 fully saturated rings. The van der Waals surface area contributed by atoms with Crippen molar-refractivity contribution >= 4 is 11.3 Å². The van der Waals surface area contributed by atoms with Crippen LogP contribution in [0.3, 0.4) is 0 Å². The van der Waals surface area contributed by atoms with E-state index < -0.39 is 0 Å². The lowest BCUT2D eigenvalue weighted by Gasteiger charge is -2.26. The summed E-state index contributed by atoms with van der Waals surface area (Å²) in [5.74, 6) is 0. The predicted molar refractivity (Wildman–Crippen MR) is 70.3 cm³/mol. The molecule has 1 aliphatic heterocycles. The lowest BCUT2D eigenvalue weighted by atomic mass is 10.0. The monoisotopic (exact) mass is 255 g/mol. The zero-order valence-electron chi connectivity index (χ0n) is 10.6. The van der Waals surface area contributed by atoms with E-state index in [1.54, 1.807) is 11.3 Å². The number of nitrogens with two attached hydrogens (primary N) is 1. The Balaban J connectivity index is 1.84. The average Bonchev–Trinajstić information content (AvgIpc) is 2.76. The summed E-state index contributed by atoms with van der Waals surface area (Å²) < 4.78 is 5.33. The lowest BCUT2D eigenvalue weighted by molar-refractivity contribution is 0.0384. The molecule has 0 amide bonds. The summed E-state index contributed by atoms with van der Waals surface area (Å²) in [6.07, 6.45) is 1.01. The summed E-state index contributed by atoms with van der Waals surface area (Å²) in [5, 5.41) is 3.26. The van der Waals surface area contributed by atoms with Crippen LogP contribution in [-0.4, -0.2) is 42.7 Å². The summed E-state index contributed by atoms with van der Waals surface area (Å²) >= 11 is 1.72. The van der Waals surface area contributed by atoms with Gasteiger partial charge >= 0.3 is 0 Å². The van der Waals surface area contributed by atoms with Gasteiger partial charge in [0.2, 0.25) is 0 Å². The van der Waals surface area contributed by atoms with Crippen LogP contribution < -0.4 is 5.73 Å². The molecule has 96 valence electrons. The fourth-order valence-electron chi connectivity index (χ4n) is 1.80. The molecular formula is C12H21N3OS. The first kappa shape index (κ1) is 13.0. The molecule has 0 bridgehead atoms. The Hall–Kier alpha value is -0.490. The fourth-order valence-corrected chi connectivity index (χ4v) is 2.76. The summed E-state index contributed by atoms with van der Waals surface area (Å²) in [6.45, 7) is 8.86. The average molecular weight is 255 g/mol. The first-order valence-corrected chi connectivity index (χ1v) is 6.97. The molecule has 1 aromatic heterocycles. The Bertz CT molecular complexity index is 353. The maximum absolute atomic E-state index is 6.03. The van der Waals surface area contributed by atoms with Crippen LogP contribution in [-0.2, 0) is 16.7 Å². The minimum Gasteiger partial charge on any atom is -0.379 e. The van der Waals surface area contributed by atoms with Gasteiger partial charge in [-0.05, 0) is 13.8 Å². The highest BCUT2D eigenvalue weighted by Gasteiger charge is 2.18. The normalized spacial score (nSPS) is 18.5. The number of morpholine rings is 1. The van der Waals surface area contributed by atoms with Crippen LogP contribution in [0.15, 0.2) is 5.38 Å². The molecule has 0 aromatic carbocycles. The van der Waals surface area contributed by atoms with E-state index in [2.05, 4.69) is 15.3 Å². The van der Waals surface area contributed by atoms with Gasteiger partial charge in [0.15, 0.2) is 0 Å². The van der Waals surface area contributed by atoms with Crippen LogP contribution in [0.4, 0.5) is 0 Å². The Morgan fingerprint density at radius 2 is 2.18 bits per heavy atom. The van der Waals surface area contributed by atoms with Crippen molar-refractivity contribution in [3.05, 3.63) is 16.1 Å². The van der Waals surface area contributed by atoms with Gasteiger partial charge in [0.1, 0.15) is 0 Å². The second-order valence-corrected chi connectivity index (χ2v) is 5.99. The molecule has 0 atom stereocenters. The van der Waals surface area contributed by atoms with Crippen LogP contribution in [0.2, 0.25) is 0 Å². The third kappa shape index (κ3) is 3.74. The van der Waals surface area contributed by atoms with Crippen LogP contribution in [0.5, 0.6) is 0 Å². The lowest BCUT2D eigenvalue weighted by Crippen LogP contribution is -2.37. The number of rotatable bonds is 4. The summed E-state index contributed by atoms with van der Waals surface area (Å²) in [4.78, 5) is 7.03. The third-order valence-electron chi connectivity index (χ3n) is 2.96. The van der Waals surface area contributed by atoms with Crippen molar-refractivity contribution in [1.29, 1.82) is 0 Å². The van der Waals surface area contributed by atoms with E-state index in [4.69, 9.17) is 10.5 Å². The number of ether oxygens (including phenoxy) is 1. The molecule has 1 saturated heterocycles. The van der Waals surface area contributed by atoms with Crippen molar-refractivity contribution in [2.24, 2.45) is 5.73 Å². The zero-order chi connectivity index (χ0) is 12.3. The van der Waals surface area contributed by atoms with Crippen molar-refractivity contribution in [2.75, 3.05) is 32.8 Å². The number of hydrogen-bond donors (Lipinski definition) is 1. The van der Waals surface area contributed by atoms with Gasteiger partial charge in [0, 0.05) is 31.4 Å². The largest absolute Gasteiger partial charge is 0.379 e. The molecule has 4 nitrogen and oxygen atoms in total. The van der Waals surface area contributed by atoms with Gasteiger partial charge in [-0.2, -0.15) is 0 Å². The van der Waals surface area contributed by atoms with Crippen molar-refractivity contribution < 1.29 is 4.74 Å². The predicted octanol–water partition coefficient (Wildman–Crippen LogP) is 1.21. The first-order valence-electron chi connectivity index (χ1n) is 6.09. The van der Waals surface area contributed by atoms with E-state index in [9.17, 15) is 0 Å². The molecule has 0 unspecified atom stereocenters. The van der Waals surface area contributed by atoms with Crippen molar-refractivity contribution in [3.8, 4) is 0 Å². The molecule has 0 saturated carbocycles. The van der Waals surface area contributed by atoms with E-state index >= 15 is 0 Å². The molecule has 1 aliphatic rings. The molecule has 2 heterocycles. The van der Waals surface area contributed by atoms with Gasteiger partial charge in [-0.15, -0.1) is 11.3 Å². The highest BCUT2D eigenvalue weighted by molar-refractivity contribution is 7.09. The van der Waals surface area contributed by atoms with Crippen LogP contribution >= 0.6 is 11.3 Å². The SMILES string of the molecule is CC(C)(N)c1csc(CCN2CCOCC2)n1. The standard InChI is InChI=1S/C12H21N3OS/c1-12(2,13)10-9-17-11(14-10)3-4-15-5-7-16-8-6-15/h9H,3-8,13H2,1-2H3. The molecule has 0 aliphatic carbocycles. The van der Waals surface area contributed by atoms with Gasteiger partial charge in [-0.1, -0.05) is 0 Å². The molecule has 2 rings (SSSR count). The maximum atomic E-state index is 6.03. The van der Waals surface area contributed by atoms with Crippen molar-refractivity contribution in [3.63, 3.8) is 0 Å². The topological polar surface area (TPSA) is 51.4 Å². The number of nitrogens with zero attached hydrogens (tertiary/aromatic N) is 2.